The third-order valence-electron chi connectivity index (χ3n) is 2.83. The van der Waals surface area contributed by atoms with Crippen molar-refractivity contribution in [1.29, 1.82) is 0 Å². The highest BCUT2D eigenvalue weighted by molar-refractivity contribution is 6.30. The van der Waals surface area contributed by atoms with Gasteiger partial charge in [-0.1, -0.05) is 17.7 Å². The van der Waals surface area contributed by atoms with Gasteiger partial charge >= 0.3 is 0 Å². The molecule has 1 aromatic carbocycles. The second-order valence-corrected chi connectivity index (χ2v) is 4.72. The molecule has 1 heterocycles. The van der Waals surface area contributed by atoms with E-state index < -0.39 is 0 Å². The average Bonchev–Trinajstić information content (AvgIpc) is 2.65. The summed E-state index contributed by atoms with van der Waals surface area (Å²) in [6.07, 6.45) is 1.99. The van der Waals surface area contributed by atoms with E-state index in [0.29, 0.717) is 11.6 Å². The molecule has 0 radical (unpaired) electrons. The van der Waals surface area contributed by atoms with Gasteiger partial charge < -0.3 is 11.1 Å². The van der Waals surface area contributed by atoms with Gasteiger partial charge in [0.1, 0.15) is 0 Å². The van der Waals surface area contributed by atoms with Crippen molar-refractivity contribution in [3.63, 3.8) is 0 Å². The van der Waals surface area contributed by atoms with Crippen LogP contribution < -0.4 is 11.1 Å². The normalized spacial score (nSPS) is 12.4. The van der Waals surface area contributed by atoms with Crippen molar-refractivity contribution in [2.24, 2.45) is 12.8 Å². The number of aromatic nitrogens is 2. The number of nitrogens with zero attached hydrogens (tertiary/aromatic N) is 2. The Morgan fingerprint density at radius 2 is 2.28 bits per heavy atom. The zero-order valence-corrected chi connectivity index (χ0v) is 11.3. The minimum atomic E-state index is 0.0390. The Kier molecular flexibility index (Phi) is 3.89. The van der Waals surface area contributed by atoms with Gasteiger partial charge in [0.2, 0.25) is 0 Å². The lowest BCUT2D eigenvalue weighted by Gasteiger charge is -2.17. The van der Waals surface area contributed by atoms with Crippen LogP contribution in [0.15, 0.2) is 30.5 Å². The van der Waals surface area contributed by atoms with E-state index in [1.807, 2.05) is 44.4 Å². The number of anilines is 1. The summed E-state index contributed by atoms with van der Waals surface area (Å²) in [5.74, 6) is 0. The Labute approximate surface area is 112 Å². The molecule has 0 aliphatic rings. The van der Waals surface area contributed by atoms with Gasteiger partial charge in [0, 0.05) is 36.1 Å². The third kappa shape index (κ3) is 2.83. The summed E-state index contributed by atoms with van der Waals surface area (Å²) in [7, 11) is 1.91. The molecule has 0 aliphatic carbocycles. The fourth-order valence-corrected chi connectivity index (χ4v) is 2.19. The van der Waals surface area contributed by atoms with E-state index in [2.05, 4.69) is 10.4 Å². The molecule has 0 amide bonds. The number of benzene rings is 1. The van der Waals surface area contributed by atoms with Gasteiger partial charge in [-0.3, -0.25) is 4.68 Å². The monoisotopic (exact) mass is 264 g/mol. The largest absolute Gasteiger partial charge is 0.377 e. The van der Waals surface area contributed by atoms with E-state index in [1.54, 1.807) is 4.68 Å². The van der Waals surface area contributed by atoms with Gasteiger partial charge in [-0.2, -0.15) is 5.10 Å². The molecule has 4 nitrogen and oxygen atoms in total. The van der Waals surface area contributed by atoms with Gasteiger partial charge in [-0.25, -0.2) is 0 Å². The summed E-state index contributed by atoms with van der Waals surface area (Å²) < 4.78 is 1.80. The van der Waals surface area contributed by atoms with Crippen LogP contribution in [0.3, 0.4) is 0 Å². The molecule has 0 saturated heterocycles. The minimum Gasteiger partial charge on any atom is -0.377 e. The molecule has 0 aliphatic heterocycles. The molecule has 2 rings (SSSR count). The Hall–Kier alpha value is -1.52. The second-order valence-electron chi connectivity index (χ2n) is 4.29. The summed E-state index contributed by atoms with van der Waals surface area (Å²) in [4.78, 5) is 0. The summed E-state index contributed by atoms with van der Waals surface area (Å²) in [6, 6.07) is 7.65. The molecule has 1 unspecified atom stereocenters. The van der Waals surface area contributed by atoms with Crippen LogP contribution >= 0.6 is 11.6 Å². The lowest BCUT2D eigenvalue weighted by atomic mass is 10.1. The molecular weight excluding hydrogens is 248 g/mol. The summed E-state index contributed by atoms with van der Waals surface area (Å²) in [5, 5.41) is 8.42. The lowest BCUT2D eigenvalue weighted by molar-refractivity contribution is 0.754. The van der Waals surface area contributed by atoms with Gasteiger partial charge in [0.25, 0.3) is 0 Å². The Morgan fingerprint density at radius 3 is 2.83 bits per heavy atom. The van der Waals surface area contributed by atoms with Crippen LogP contribution in [0.1, 0.15) is 17.3 Å². The first-order valence-corrected chi connectivity index (χ1v) is 6.20. The third-order valence-corrected chi connectivity index (χ3v) is 3.06. The molecular formula is C13H17ClN4. The van der Waals surface area contributed by atoms with Gasteiger partial charge in [0.15, 0.2) is 0 Å². The molecule has 1 atom stereocenters. The first kappa shape index (κ1) is 12.9. The molecule has 0 saturated carbocycles. The van der Waals surface area contributed by atoms with Crippen LogP contribution in [0.4, 0.5) is 5.69 Å². The van der Waals surface area contributed by atoms with Crippen molar-refractivity contribution in [2.45, 2.75) is 13.0 Å². The number of hydrogen-bond donors (Lipinski definition) is 2. The molecule has 1 aromatic heterocycles. The molecule has 3 N–H and O–H groups in total. The summed E-state index contributed by atoms with van der Waals surface area (Å²) in [6.45, 7) is 2.48. The minimum absolute atomic E-state index is 0.0390. The maximum absolute atomic E-state index is 5.97. The molecule has 0 spiro atoms. The molecule has 0 fully saturated rings. The van der Waals surface area contributed by atoms with Crippen molar-refractivity contribution in [2.75, 3.05) is 11.9 Å². The van der Waals surface area contributed by atoms with Crippen LogP contribution in [-0.2, 0) is 7.05 Å². The van der Waals surface area contributed by atoms with Gasteiger partial charge in [0.05, 0.1) is 11.7 Å². The SMILES string of the molecule is Cc1nn(C)cc1C(CN)Nc1cccc(Cl)c1. The maximum Gasteiger partial charge on any atom is 0.0669 e. The number of rotatable bonds is 4. The van der Waals surface area contributed by atoms with E-state index >= 15 is 0 Å². The van der Waals surface area contributed by atoms with Crippen LogP contribution in [0.5, 0.6) is 0 Å². The second kappa shape index (κ2) is 5.42. The predicted molar refractivity (Wildman–Crippen MR) is 74.8 cm³/mol. The van der Waals surface area contributed by atoms with Crippen LogP contribution in [0.25, 0.3) is 0 Å². The number of hydrogen-bond acceptors (Lipinski definition) is 3. The zero-order valence-electron chi connectivity index (χ0n) is 10.5. The Morgan fingerprint density at radius 1 is 1.50 bits per heavy atom. The maximum atomic E-state index is 5.97. The fraction of sp³-hybridized carbons (Fsp3) is 0.308. The van der Waals surface area contributed by atoms with Crippen molar-refractivity contribution in [1.82, 2.24) is 9.78 Å². The van der Waals surface area contributed by atoms with Crippen LogP contribution in [0.2, 0.25) is 5.02 Å². The molecule has 96 valence electrons. The summed E-state index contributed by atoms with van der Waals surface area (Å²) in [5.41, 5.74) is 8.90. The summed E-state index contributed by atoms with van der Waals surface area (Å²) >= 11 is 5.97. The van der Waals surface area contributed by atoms with Crippen molar-refractivity contribution in [3.05, 3.63) is 46.7 Å². The number of nitrogens with two attached hydrogens (primary N) is 1. The van der Waals surface area contributed by atoms with Crippen LogP contribution in [0, 0.1) is 6.92 Å². The van der Waals surface area contributed by atoms with Crippen molar-refractivity contribution >= 4 is 17.3 Å². The highest BCUT2D eigenvalue weighted by Gasteiger charge is 2.14. The predicted octanol–water partition coefficient (Wildman–Crippen LogP) is 2.49. The first-order valence-electron chi connectivity index (χ1n) is 5.82. The topological polar surface area (TPSA) is 55.9 Å². The lowest BCUT2D eigenvalue weighted by Crippen LogP contribution is -2.20. The van der Waals surface area contributed by atoms with Crippen LogP contribution in [-0.4, -0.2) is 16.3 Å². The molecule has 0 bridgehead atoms. The van der Waals surface area contributed by atoms with Crippen molar-refractivity contribution in [3.8, 4) is 0 Å². The van der Waals surface area contributed by atoms with E-state index in [4.69, 9.17) is 17.3 Å². The standard InChI is InChI=1S/C13H17ClN4/c1-9-12(8-18(2)17-9)13(7-15)16-11-5-3-4-10(14)6-11/h3-6,8,13,16H,7,15H2,1-2H3. The zero-order chi connectivity index (χ0) is 13.1. The Balaban J connectivity index is 2.22. The molecule has 2 aromatic rings. The first-order chi connectivity index (χ1) is 8.60. The van der Waals surface area contributed by atoms with Gasteiger partial charge in [-0.15, -0.1) is 0 Å². The Bertz CT molecular complexity index is 536. The van der Waals surface area contributed by atoms with Gasteiger partial charge in [-0.05, 0) is 25.1 Å². The number of halogens is 1. The fourth-order valence-electron chi connectivity index (χ4n) is 2.00. The average molecular weight is 265 g/mol. The van der Waals surface area contributed by atoms with Crippen molar-refractivity contribution < 1.29 is 0 Å². The molecule has 5 heteroatoms. The number of nitrogens with one attached hydrogen (secondary N) is 1. The van der Waals surface area contributed by atoms with E-state index in [9.17, 15) is 0 Å². The van der Waals surface area contributed by atoms with E-state index in [0.717, 1.165) is 16.9 Å². The van der Waals surface area contributed by atoms with E-state index in [1.165, 1.54) is 0 Å². The number of aryl methyl sites for hydroxylation is 2. The quantitative estimate of drug-likeness (QED) is 0.892. The highest BCUT2D eigenvalue weighted by Crippen LogP contribution is 2.22. The highest BCUT2D eigenvalue weighted by atomic mass is 35.5. The molecule has 18 heavy (non-hydrogen) atoms. The van der Waals surface area contributed by atoms with E-state index in [-0.39, 0.29) is 6.04 Å². The smallest absolute Gasteiger partial charge is 0.0669 e.